The first kappa shape index (κ1) is 16.6. The maximum Gasteiger partial charge on any atom is 0.241 e. The largest absolute Gasteiger partial charge is 0.326 e. The van der Waals surface area contributed by atoms with Crippen LogP contribution in [0.15, 0.2) is 27.7 Å². The monoisotopic (exact) mass is 389 g/mol. The maximum absolute atomic E-state index is 12.5. The van der Waals surface area contributed by atoms with E-state index in [1.165, 1.54) is 11.3 Å². The van der Waals surface area contributed by atoms with Crippen LogP contribution < -0.4 is 10.5 Å². The molecule has 0 aliphatic carbocycles. The molecule has 0 amide bonds. The molecule has 0 unspecified atom stereocenters. The molecule has 1 heterocycles. The highest BCUT2D eigenvalue weighted by Gasteiger charge is 2.19. The summed E-state index contributed by atoms with van der Waals surface area (Å²) in [6.07, 6.45) is 1.68. The molecular formula is C13H16BrN3O2S2. The number of hydrogen-bond donors (Lipinski definition) is 2. The second-order valence-corrected chi connectivity index (χ2v) is 8.48. The van der Waals surface area contributed by atoms with Crippen molar-refractivity contribution in [1.82, 2.24) is 9.71 Å². The lowest BCUT2D eigenvalue weighted by Gasteiger charge is -2.12. The number of aryl methyl sites for hydroxylation is 1. The molecule has 2 rings (SSSR count). The van der Waals surface area contributed by atoms with Crippen LogP contribution in [-0.2, 0) is 23.1 Å². The maximum atomic E-state index is 12.5. The van der Waals surface area contributed by atoms with E-state index in [1.807, 2.05) is 13.0 Å². The minimum atomic E-state index is -3.59. The summed E-state index contributed by atoms with van der Waals surface area (Å²) >= 11 is 4.85. The second-order valence-electron chi connectivity index (χ2n) is 4.58. The normalized spacial score (nSPS) is 11.8. The number of thiazole rings is 1. The first-order valence-electron chi connectivity index (χ1n) is 6.23. The molecule has 114 valence electrons. The number of sulfonamides is 1. The highest BCUT2D eigenvalue weighted by atomic mass is 79.9. The van der Waals surface area contributed by atoms with Crippen molar-refractivity contribution in [2.75, 3.05) is 0 Å². The zero-order chi connectivity index (χ0) is 15.6. The Labute approximate surface area is 136 Å². The van der Waals surface area contributed by atoms with Crippen molar-refractivity contribution in [3.05, 3.63) is 43.8 Å². The van der Waals surface area contributed by atoms with Crippen LogP contribution in [0.5, 0.6) is 0 Å². The van der Waals surface area contributed by atoms with Crippen LogP contribution in [0, 0.1) is 13.8 Å². The molecule has 0 aliphatic heterocycles. The Kier molecular flexibility index (Phi) is 5.15. The summed E-state index contributed by atoms with van der Waals surface area (Å²) in [6, 6.07) is 3.45. The smallest absolute Gasteiger partial charge is 0.241 e. The van der Waals surface area contributed by atoms with Crippen molar-refractivity contribution >= 4 is 37.3 Å². The molecule has 0 radical (unpaired) electrons. The highest BCUT2D eigenvalue weighted by Crippen LogP contribution is 2.26. The minimum absolute atomic E-state index is 0.234. The van der Waals surface area contributed by atoms with E-state index in [0.717, 1.165) is 19.9 Å². The van der Waals surface area contributed by atoms with Gasteiger partial charge in [0.2, 0.25) is 10.0 Å². The average Bonchev–Trinajstić information content (AvgIpc) is 2.85. The van der Waals surface area contributed by atoms with Crippen LogP contribution in [0.1, 0.15) is 21.0 Å². The molecule has 1 aromatic carbocycles. The lowest BCUT2D eigenvalue weighted by Crippen LogP contribution is -2.24. The van der Waals surface area contributed by atoms with Gasteiger partial charge in [0, 0.05) is 28.6 Å². The Morgan fingerprint density at radius 2 is 2.10 bits per heavy atom. The van der Waals surface area contributed by atoms with Crippen LogP contribution in [0.2, 0.25) is 0 Å². The standard InChI is InChI=1S/C13H16BrN3O2S2/c1-8-12(14)3-10(5-15)4-13(8)21(18,19)17-7-11-6-16-9(2)20-11/h3-4,6,17H,5,7,15H2,1-2H3. The van der Waals surface area contributed by atoms with E-state index in [-0.39, 0.29) is 18.0 Å². The number of halogens is 1. The van der Waals surface area contributed by atoms with Gasteiger partial charge in [-0.2, -0.15) is 0 Å². The van der Waals surface area contributed by atoms with E-state index < -0.39 is 10.0 Å². The molecule has 0 saturated heterocycles. The van der Waals surface area contributed by atoms with Gasteiger partial charge in [0.05, 0.1) is 9.90 Å². The van der Waals surface area contributed by atoms with Crippen molar-refractivity contribution in [1.29, 1.82) is 0 Å². The molecule has 0 atom stereocenters. The molecule has 8 heteroatoms. The van der Waals surface area contributed by atoms with E-state index in [0.29, 0.717) is 5.56 Å². The van der Waals surface area contributed by atoms with Crippen LogP contribution >= 0.6 is 27.3 Å². The minimum Gasteiger partial charge on any atom is -0.326 e. The Morgan fingerprint density at radius 3 is 2.67 bits per heavy atom. The van der Waals surface area contributed by atoms with Crippen LogP contribution in [-0.4, -0.2) is 13.4 Å². The zero-order valence-electron chi connectivity index (χ0n) is 11.7. The third-order valence-electron chi connectivity index (χ3n) is 2.99. The van der Waals surface area contributed by atoms with Gasteiger partial charge in [-0.15, -0.1) is 11.3 Å². The van der Waals surface area contributed by atoms with Gasteiger partial charge in [-0.25, -0.2) is 18.1 Å². The number of nitrogens with one attached hydrogen (secondary N) is 1. The van der Waals surface area contributed by atoms with Gasteiger partial charge in [0.1, 0.15) is 0 Å². The molecule has 1 aromatic heterocycles. The fraction of sp³-hybridized carbons (Fsp3) is 0.308. The molecule has 0 saturated carbocycles. The fourth-order valence-corrected chi connectivity index (χ4v) is 4.62. The van der Waals surface area contributed by atoms with Crippen LogP contribution in [0.3, 0.4) is 0 Å². The fourth-order valence-electron chi connectivity index (χ4n) is 1.83. The van der Waals surface area contributed by atoms with Gasteiger partial charge >= 0.3 is 0 Å². The molecule has 0 spiro atoms. The predicted octanol–water partition coefficient (Wildman–Crippen LogP) is 2.46. The molecule has 0 bridgehead atoms. The average molecular weight is 390 g/mol. The Bertz CT molecular complexity index is 757. The Balaban J connectivity index is 2.29. The van der Waals surface area contributed by atoms with E-state index in [4.69, 9.17) is 5.73 Å². The van der Waals surface area contributed by atoms with E-state index in [9.17, 15) is 8.42 Å². The third-order valence-corrected chi connectivity index (χ3v) is 6.25. The predicted molar refractivity (Wildman–Crippen MR) is 87.6 cm³/mol. The van der Waals surface area contributed by atoms with Crippen LogP contribution in [0.25, 0.3) is 0 Å². The molecule has 2 aromatic rings. The number of benzene rings is 1. The first-order valence-corrected chi connectivity index (χ1v) is 9.33. The van der Waals surface area contributed by atoms with E-state index in [2.05, 4.69) is 25.6 Å². The van der Waals surface area contributed by atoms with Gasteiger partial charge in [0.25, 0.3) is 0 Å². The zero-order valence-corrected chi connectivity index (χ0v) is 14.9. The van der Waals surface area contributed by atoms with Crippen molar-refractivity contribution in [2.45, 2.75) is 31.8 Å². The molecule has 0 aliphatic rings. The molecular weight excluding hydrogens is 374 g/mol. The van der Waals surface area contributed by atoms with Gasteiger partial charge in [-0.1, -0.05) is 15.9 Å². The number of aromatic nitrogens is 1. The van der Waals surface area contributed by atoms with Crippen molar-refractivity contribution in [2.24, 2.45) is 5.73 Å². The van der Waals surface area contributed by atoms with E-state index >= 15 is 0 Å². The van der Waals surface area contributed by atoms with Gasteiger partial charge in [0.15, 0.2) is 0 Å². The quantitative estimate of drug-likeness (QED) is 0.822. The van der Waals surface area contributed by atoms with E-state index in [1.54, 1.807) is 19.2 Å². The lowest BCUT2D eigenvalue weighted by atomic mass is 10.1. The number of hydrogen-bond acceptors (Lipinski definition) is 5. The van der Waals surface area contributed by atoms with Crippen molar-refractivity contribution in [3.8, 4) is 0 Å². The van der Waals surface area contributed by atoms with Crippen molar-refractivity contribution in [3.63, 3.8) is 0 Å². The lowest BCUT2D eigenvalue weighted by molar-refractivity contribution is 0.581. The third kappa shape index (κ3) is 3.89. The number of nitrogens with zero attached hydrogens (tertiary/aromatic N) is 1. The summed E-state index contributed by atoms with van der Waals surface area (Å²) in [7, 11) is -3.59. The summed E-state index contributed by atoms with van der Waals surface area (Å²) < 4.78 is 28.3. The number of rotatable bonds is 5. The Morgan fingerprint density at radius 1 is 1.38 bits per heavy atom. The molecule has 5 nitrogen and oxygen atoms in total. The molecule has 3 N–H and O–H groups in total. The Hall–Kier alpha value is -0.800. The van der Waals surface area contributed by atoms with Crippen LogP contribution in [0.4, 0.5) is 0 Å². The van der Waals surface area contributed by atoms with Crippen molar-refractivity contribution < 1.29 is 8.42 Å². The molecule has 21 heavy (non-hydrogen) atoms. The topological polar surface area (TPSA) is 85.1 Å². The first-order chi connectivity index (χ1) is 9.83. The summed E-state index contributed by atoms with van der Waals surface area (Å²) in [5, 5.41) is 0.910. The number of nitrogens with two attached hydrogens (primary N) is 1. The highest BCUT2D eigenvalue weighted by molar-refractivity contribution is 9.10. The summed E-state index contributed by atoms with van der Waals surface area (Å²) in [6.45, 7) is 4.16. The molecule has 0 fully saturated rings. The van der Waals surface area contributed by atoms with Gasteiger partial charge < -0.3 is 5.73 Å². The van der Waals surface area contributed by atoms with Gasteiger partial charge in [-0.05, 0) is 37.1 Å². The second kappa shape index (κ2) is 6.53. The SMILES string of the molecule is Cc1ncc(CNS(=O)(=O)c2cc(CN)cc(Br)c2C)s1. The van der Waals surface area contributed by atoms with Gasteiger partial charge in [-0.3, -0.25) is 0 Å². The summed E-state index contributed by atoms with van der Waals surface area (Å²) in [5.41, 5.74) is 7.04. The summed E-state index contributed by atoms with van der Waals surface area (Å²) in [5.74, 6) is 0. The summed E-state index contributed by atoms with van der Waals surface area (Å²) in [4.78, 5) is 5.23.